The number of sulfonamides is 1. The zero-order valence-electron chi connectivity index (χ0n) is 22.4. The van der Waals surface area contributed by atoms with E-state index in [-0.39, 0.29) is 66.1 Å². The Morgan fingerprint density at radius 2 is 2.03 bits per heavy atom. The first kappa shape index (κ1) is 28.1. The van der Waals surface area contributed by atoms with E-state index >= 15 is 0 Å². The lowest BCUT2D eigenvalue weighted by Crippen LogP contribution is -2.48. The van der Waals surface area contributed by atoms with Crippen LogP contribution in [0.5, 0.6) is 5.75 Å². The van der Waals surface area contributed by atoms with E-state index in [9.17, 15) is 23.1 Å². The number of ether oxygens (including phenoxy) is 1. The van der Waals surface area contributed by atoms with Gasteiger partial charge in [0.25, 0.3) is 0 Å². The molecule has 0 bridgehead atoms. The average Bonchev–Trinajstić information content (AvgIpc) is 3.65. The monoisotopic (exact) mass is 548 g/mol. The van der Waals surface area contributed by atoms with Gasteiger partial charge < -0.3 is 24.6 Å². The number of hydrogen-bond acceptors (Lipinski definition) is 8. The van der Waals surface area contributed by atoms with Crippen molar-refractivity contribution in [2.24, 2.45) is 11.8 Å². The smallest absolute Gasteiger partial charge is 0.248 e. The minimum atomic E-state index is -3.93. The Kier molecular flexibility index (Phi) is 8.15. The largest absolute Gasteiger partial charge is 0.488 e. The summed E-state index contributed by atoms with van der Waals surface area (Å²) in [5.41, 5.74) is 1.42. The third kappa shape index (κ3) is 5.87. The summed E-state index contributed by atoms with van der Waals surface area (Å²) in [5.74, 6) is 0.160. The van der Waals surface area contributed by atoms with Crippen LogP contribution in [-0.4, -0.2) is 78.6 Å². The Hall–Kier alpha value is -2.96. The molecule has 11 nitrogen and oxygen atoms in total. The quantitative estimate of drug-likeness (QED) is 0.511. The van der Waals surface area contributed by atoms with Crippen molar-refractivity contribution in [3.63, 3.8) is 0 Å². The van der Waals surface area contributed by atoms with Crippen LogP contribution in [0.25, 0.3) is 0 Å². The van der Waals surface area contributed by atoms with Gasteiger partial charge in [0.2, 0.25) is 21.8 Å². The normalized spacial score (nSPS) is 21.2. The zero-order chi connectivity index (χ0) is 27.8. The maximum Gasteiger partial charge on any atom is 0.248 e. The van der Waals surface area contributed by atoms with Crippen molar-refractivity contribution in [3.8, 4) is 5.75 Å². The van der Waals surface area contributed by atoms with Gasteiger partial charge in [-0.2, -0.15) is 4.31 Å². The van der Waals surface area contributed by atoms with Gasteiger partial charge in [0.1, 0.15) is 22.4 Å². The van der Waals surface area contributed by atoms with E-state index in [2.05, 4.69) is 10.5 Å². The highest BCUT2D eigenvalue weighted by Gasteiger charge is 2.35. The van der Waals surface area contributed by atoms with Gasteiger partial charge in [-0.15, -0.1) is 0 Å². The number of rotatable bonds is 8. The number of carbonyl (C=O) groups excluding carboxylic acids is 2. The van der Waals surface area contributed by atoms with E-state index in [4.69, 9.17) is 9.26 Å². The van der Waals surface area contributed by atoms with Crippen LogP contribution in [0.3, 0.4) is 0 Å². The van der Waals surface area contributed by atoms with Crippen molar-refractivity contribution in [3.05, 3.63) is 35.2 Å². The summed E-state index contributed by atoms with van der Waals surface area (Å²) in [6, 6.07) is 4.72. The van der Waals surface area contributed by atoms with Crippen LogP contribution < -0.4 is 10.1 Å². The summed E-state index contributed by atoms with van der Waals surface area (Å²) in [7, 11) is -2.45. The molecule has 2 N–H and O–H groups in total. The third-order valence-electron chi connectivity index (χ3n) is 7.21. The predicted octanol–water partition coefficient (Wildman–Crippen LogP) is 2.11. The van der Waals surface area contributed by atoms with E-state index in [0.717, 1.165) is 12.8 Å². The molecule has 2 heterocycles. The summed E-state index contributed by atoms with van der Waals surface area (Å²) < 4.78 is 39.5. The highest BCUT2D eigenvalue weighted by molar-refractivity contribution is 7.89. The fraction of sp³-hybridized carbons (Fsp3) is 0.577. The van der Waals surface area contributed by atoms with Crippen LogP contribution in [0.4, 0.5) is 5.69 Å². The molecule has 12 heteroatoms. The standard InChI is InChI=1S/C26H36N4O7S/c1-15-12-30(16(2)14-31)24(32)11-20-10-21(27-26(33)19-6-7-19)8-9-22(20)36-23(15)13-29(5)38(34,35)25-17(3)28-37-18(25)4/h8-10,15-16,19,23,31H,6-7,11-14H2,1-5H3,(H,27,33)/t15-,16+,23-/m0/s1. The molecule has 0 radical (unpaired) electrons. The van der Waals surface area contributed by atoms with Crippen molar-refractivity contribution in [1.29, 1.82) is 0 Å². The van der Waals surface area contributed by atoms with Gasteiger partial charge in [0.15, 0.2) is 5.76 Å². The molecule has 3 atom stereocenters. The topological polar surface area (TPSA) is 142 Å². The van der Waals surface area contributed by atoms with E-state index in [1.807, 2.05) is 6.92 Å². The molecule has 0 spiro atoms. The predicted molar refractivity (Wildman–Crippen MR) is 139 cm³/mol. The van der Waals surface area contributed by atoms with Crippen molar-refractivity contribution in [1.82, 2.24) is 14.4 Å². The first-order chi connectivity index (χ1) is 17.9. The van der Waals surface area contributed by atoms with Gasteiger partial charge >= 0.3 is 0 Å². The number of benzene rings is 1. The maximum atomic E-state index is 13.4. The lowest BCUT2D eigenvalue weighted by atomic mass is 10.0. The Balaban J connectivity index is 1.66. The molecule has 1 aliphatic heterocycles. The first-order valence-corrected chi connectivity index (χ1v) is 14.3. The fourth-order valence-electron chi connectivity index (χ4n) is 4.67. The molecule has 0 unspecified atom stereocenters. The van der Waals surface area contributed by atoms with Crippen LogP contribution in [0.15, 0.2) is 27.6 Å². The van der Waals surface area contributed by atoms with Crippen molar-refractivity contribution >= 4 is 27.5 Å². The van der Waals surface area contributed by atoms with Crippen LogP contribution >= 0.6 is 0 Å². The minimum Gasteiger partial charge on any atom is -0.488 e. The van der Waals surface area contributed by atoms with Crippen molar-refractivity contribution in [2.75, 3.05) is 32.1 Å². The number of aromatic nitrogens is 1. The second-order valence-corrected chi connectivity index (χ2v) is 12.4. The molecule has 208 valence electrons. The molecular formula is C26H36N4O7S. The maximum absolute atomic E-state index is 13.4. The molecule has 38 heavy (non-hydrogen) atoms. The lowest BCUT2D eigenvalue weighted by molar-refractivity contribution is -0.134. The molecular weight excluding hydrogens is 512 g/mol. The molecule has 2 aromatic rings. The number of aliphatic hydroxyl groups excluding tert-OH is 1. The van der Waals surface area contributed by atoms with Crippen molar-refractivity contribution in [2.45, 2.75) is 64.0 Å². The minimum absolute atomic E-state index is 0.00268. The molecule has 1 aliphatic carbocycles. The van der Waals surface area contributed by atoms with Gasteiger partial charge in [-0.3, -0.25) is 9.59 Å². The molecule has 1 aromatic heterocycles. The Labute approximate surface area is 223 Å². The number of nitrogens with zero attached hydrogens (tertiary/aromatic N) is 3. The highest BCUT2D eigenvalue weighted by atomic mass is 32.2. The summed E-state index contributed by atoms with van der Waals surface area (Å²) >= 11 is 0. The number of aryl methyl sites for hydroxylation is 2. The van der Waals surface area contributed by atoms with Crippen LogP contribution in [0.1, 0.15) is 43.7 Å². The van der Waals surface area contributed by atoms with Gasteiger partial charge in [-0.25, -0.2) is 8.42 Å². The molecule has 1 fully saturated rings. The Morgan fingerprint density at radius 1 is 1.32 bits per heavy atom. The van der Waals surface area contributed by atoms with Gasteiger partial charge in [-0.05, 0) is 51.8 Å². The van der Waals surface area contributed by atoms with E-state index < -0.39 is 22.2 Å². The van der Waals surface area contributed by atoms with E-state index in [0.29, 0.717) is 17.0 Å². The van der Waals surface area contributed by atoms with Crippen LogP contribution in [0.2, 0.25) is 0 Å². The van der Waals surface area contributed by atoms with Gasteiger partial charge in [0.05, 0.1) is 25.6 Å². The van der Waals surface area contributed by atoms with Crippen molar-refractivity contribution < 1.29 is 32.4 Å². The lowest BCUT2D eigenvalue weighted by Gasteiger charge is -2.33. The fourth-order valence-corrected chi connectivity index (χ4v) is 6.13. The van der Waals surface area contributed by atoms with Gasteiger partial charge in [0, 0.05) is 36.7 Å². The Bertz CT molecular complexity index is 1290. The molecule has 1 aromatic carbocycles. The molecule has 2 aliphatic rings. The highest BCUT2D eigenvalue weighted by Crippen LogP contribution is 2.33. The number of amides is 2. The third-order valence-corrected chi connectivity index (χ3v) is 9.27. The second kappa shape index (κ2) is 11.0. The first-order valence-electron chi connectivity index (χ1n) is 12.8. The van der Waals surface area contributed by atoms with Gasteiger partial charge in [-0.1, -0.05) is 12.1 Å². The van der Waals surface area contributed by atoms with Crippen LogP contribution in [0, 0.1) is 25.7 Å². The van der Waals surface area contributed by atoms with E-state index in [1.54, 1.807) is 43.9 Å². The summed E-state index contributed by atoms with van der Waals surface area (Å²) in [6.45, 7) is 6.84. The molecule has 1 saturated carbocycles. The number of likely N-dealkylation sites (N-methyl/N-ethyl adjacent to an activating group) is 1. The number of anilines is 1. The summed E-state index contributed by atoms with van der Waals surface area (Å²) in [4.78, 5) is 27.3. The molecule has 4 rings (SSSR count). The molecule has 2 amide bonds. The van der Waals surface area contributed by atoms with Crippen LogP contribution in [-0.2, 0) is 26.0 Å². The number of fused-ring (bicyclic) bond motifs is 1. The average molecular weight is 549 g/mol. The number of nitrogens with one attached hydrogen (secondary N) is 1. The summed E-state index contributed by atoms with van der Waals surface area (Å²) in [5, 5.41) is 16.5. The second-order valence-electron chi connectivity index (χ2n) is 10.4. The number of aliphatic hydroxyl groups is 1. The Morgan fingerprint density at radius 3 is 2.63 bits per heavy atom. The SMILES string of the molecule is Cc1noc(C)c1S(=O)(=O)N(C)C[C@@H]1Oc2ccc(NC(=O)C3CC3)cc2CC(=O)N([C@H](C)CO)C[C@@H]1C. The number of carbonyl (C=O) groups is 2. The summed E-state index contributed by atoms with van der Waals surface area (Å²) in [6.07, 6.45) is 1.13. The number of hydrogen-bond donors (Lipinski definition) is 2. The van der Waals surface area contributed by atoms with E-state index in [1.165, 1.54) is 11.4 Å². The molecule has 0 saturated heterocycles. The zero-order valence-corrected chi connectivity index (χ0v) is 23.2.